The second kappa shape index (κ2) is 10.8. The molecule has 172 valence electrons. The number of carbonyl (C=O) groups excluding carboxylic acids is 1. The van der Waals surface area contributed by atoms with Gasteiger partial charge in [-0.25, -0.2) is 0 Å². The van der Waals surface area contributed by atoms with Gasteiger partial charge >= 0.3 is 5.97 Å². The van der Waals surface area contributed by atoms with Gasteiger partial charge in [0.1, 0.15) is 12.0 Å². The number of piperidine rings is 1. The predicted octanol–water partition coefficient (Wildman–Crippen LogP) is 6.07. The van der Waals surface area contributed by atoms with E-state index in [9.17, 15) is 4.79 Å². The average Bonchev–Trinajstić information content (AvgIpc) is 2.88. The van der Waals surface area contributed by atoms with E-state index in [2.05, 4.69) is 18.7 Å². The highest BCUT2D eigenvalue weighted by molar-refractivity contribution is 5.92. The first-order valence-corrected chi connectivity index (χ1v) is 12.2. The zero-order valence-electron chi connectivity index (χ0n) is 19.8. The number of nitrogens with zero attached hydrogens (tertiary/aromatic N) is 1. The van der Waals surface area contributed by atoms with Crippen molar-refractivity contribution in [3.8, 4) is 0 Å². The highest BCUT2D eigenvalue weighted by Crippen LogP contribution is 2.40. The average molecular weight is 442 g/mol. The highest BCUT2D eigenvalue weighted by atomic mass is 16.5. The Morgan fingerprint density at radius 3 is 1.79 bits per heavy atom. The zero-order chi connectivity index (χ0) is 23.1. The second-order valence-corrected chi connectivity index (χ2v) is 9.18. The maximum absolute atomic E-state index is 14.1. The molecule has 0 spiro atoms. The molecule has 0 bridgehead atoms. The summed E-state index contributed by atoms with van der Waals surface area (Å²) < 4.78 is 6.11. The minimum Gasteiger partial charge on any atom is -0.463 e. The standard InChI is InChI=1S/C30H35NO2/c1-3-25-20-19-24(2)31(23-25)21-22-33-29(32)30(26-13-7-4-8-14-26,27-15-9-5-10-16-27)28-17-11-6-12-18-28/h4-18,24-25H,3,19-23H2,1-2H3. The Balaban J connectivity index is 1.66. The minimum absolute atomic E-state index is 0.220. The lowest BCUT2D eigenvalue weighted by Gasteiger charge is -2.38. The van der Waals surface area contributed by atoms with Gasteiger partial charge in [-0.05, 0) is 42.4 Å². The quantitative estimate of drug-likeness (QED) is 0.314. The molecule has 1 fully saturated rings. The normalized spacial score (nSPS) is 19.2. The number of hydrogen-bond acceptors (Lipinski definition) is 3. The Kier molecular flexibility index (Phi) is 7.61. The molecule has 0 amide bonds. The SMILES string of the molecule is CCC1CCC(C)N(CCOC(=O)C(c2ccccc2)(c2ccccc2)c2ccccc2)C1. The third-order valence-electron chi connectivity index (χ3n) is 7.22. The molecule has 3 aromatic carbocycles. The summed E-state index contributed by atoms with van der Waals surface area (Å²) in [5, 5.41) is 0. The van der Waals surface area contributed by atoms with E-state index < -0.39 is 5.41 Å². The Bertz CT molecular complexity index is 907. The fraction of sp³-hybridized carbons (Fsp3) is 0.367. The summed E-state index contributed by atoms with van der Waals surface area (Å²) >= 11 is 0. The van der Waals surface area contributed by atoms with E-state index in [0.29, 0.717) is 12.6 Å². The third-order valence-corrected chi connectivity index (χ3v) is 7.22. The molecular weight excluding hydrogens is 406 g/mol. The third kappa shape index (κ3) is 4.89. The summed E-state index contributed by atoms with van der Waals surface area (Å²) in [7, 11) is 0. The Morgan fingerprint density at radius 2 is 1.33 bits per heavy atom. The van der Waals surface area contributed by atoms with Crippen molar-refractivity contribution in [3.05, 3.63) is 108 Å². The fourth-order valence-corrected chi connectivity index (χ4v) is 5.19. The van der Waals surface area contributed by atoms with Crippen molar-refractivity contribution < 1.29 is 9.53 Å². The van der Waals surface area contributed by atoms with Crippen LogP contribution in [-0.4, -0.2) is 36.6 Å². The van der Waals surface area contributed by atoms with Crippen LogP contribution in [0.3, 0.4) is 0 Å². The van der Waals surface area contributed by atoms with Crippen molar-refractivity contribution in [2.45, 2.75) is 44.6 Å². The Morgan fingerprint density at radius 1 is 0.848 bits per heavy atom. The Hall–Kier alpha value is -2.91. The summed E-state index contributed by atoms with van der Waals surface area (Å²) in [5.41, 5.74) is 1.75. The highest BCUT2D eigenvalue weighted by Gasteiger charge is 2.45. The maximum atomic E-state index is 14.1. The number of hydrogen-bond donors (Lipinski definition) is 0. The molecule has 4 rings (SSSR count). The number of rotatable bonds is 8. The predicted molar refractivity (Wildman–Crippen MR) is 134 cm³/mol. The van der Waals surface area contributed by atoms with Gasteiger partial charge in [0.2, 0.25) is 0 Å². The number of ether oxygens (including phenoxy) is 1. The number of benzene rings is 3. The smallest absolute Gasteiger partial charge is 0.325 e. The molecule has 33 heavy (non-hydrogen) atoms. The first kappa shape index (κ1) is 23.3. The summed E-state index contributed by atoms with van der Waals surface area (Å²) in [6.45, 7) is 6.82. The summed E-state index contributed by atoms with van der Waals surface area (Å²) in [6.07, 6.45) is 3.73. The van der Waals surface area contributed by atoms with Crippen LogP contribution < -0.4 is 0 Å². The molecule has 1 aliphatic rings. The van der Waals surface area contributed by atoms with Crippen LogP contribution in [0.4, 0.5) is 0 Å². The molecule has 0 aliphatic carbocycles. The molecule has 1 heterocycles. The first-order chi connectivity index (χ1) is 16.2. The maximum Gasteiger partial charge on any atom is 0.325 e. The van der Waals surface area contributed by atoms with E-state index >= 15 is 0 Å². The largest absolute Gasteiger partial charge is 0.463 e. The molecule has 1 aliphatic heterocycles. The van der Waals surface area contributed by atoms with E-state index in [4.69, 9.17) is 4.74 Å². The van der Waals surface area contributed by atoms with E-state index in [1.807, 2.05) is 91.0 Å². The van der Waals surface area contributed by atoms with Crippen molar-refractivity contribution in [2.75, 3.05) is 19.7 Å². The van der Waals surface area contributed by atoms with Crippen LogP contribution in [-0.2, 0) is 14.9 Å². The molecule has 3 heteroatoms. The lowest BCUT2D eigenvalue weighted by molar-refractivity contribution is -0.148. The molecule has 3 nitrogen and oxygen atoms in total. The van der Waals surface area contributed by atoms with Gasteiger partial charge in [0.05, 0.1) is 0 Å². The van der Waals surface area contributed by atoms with Gasteiger partial charge in [-0.15, -0.1) is 0 Å². The van der Waals surface area contributed by atoms with E-state index in [1.54, 1.807) is 0 Å². The van der Waals surface area contributed by atoms with Crippen LogP contribution >= 0.6 is 0 Å². The number of esters is 1. The minimum atomic E-state index is -1.01. The molecule has 0 saturated carbocycles. The molecule has 2 unspecified atom stereocenters. The van der Waals surface area contributed by atoms with Crippen LogP contribution in [0.15, 0.2) is 91.0 Å². The van der Waals surface area contributed by atoms with E-state index in [0.717, 1.165) is 35.7 Å². The zero-order valence-corrected chi connectivity index (χ0v) is 19.8. The fourth-order valence-electron chi connectivity index (χ4n) is 5.19. The lowest BCUT2D eigenvalue weighted by Crippen LogP contribution is -2.45. The van der Waals surface area contributed by atoms with Crippen LogP contribution in [0.1, 0.15) is 49.8 Å². The number of likely N-dealkylation sites (tertiary alicyclic amines) is 1. The van der Waals surface area contributed by atoms with Gasteiger partial charge < -0.3 is 4.74 Å². The second-order valence-electron chi connectivity index (χ2n) is 9.18. The van der Waals surface area contributed by atoms with Gasteiger partial charge in [-0.3, -0.25) is 9.69 Å². The van der Waals surface area contributed by atoms with Crippen molar-refractivity contribution in [3.63, 3.8) is 0 Å². The van der Waals surface area contributed by atoms with Gasteiger partial charge in [-0.1, -0.05) is 104 Å². The topological polar surface area (TPSA) is 29.5 Å². The van der Waals surface area contributed by atoms with Gasteiger partial charge in [0, 0.05) is 19.1 Å². The van der Waals surface area contributed by atoms with Crippen molar-refractivity contribution in [1.29, 1.82) is 0 Å². The monoisotopic (exact) mass is 441 g/mol. The van der Waals surface area contributed by atoms with Gasteiger partial charge in [0.25, 0.3) is 0 Å². The van der Waals surface area contributed by atoms with Crippen LogP contribution in [0.25, 0.3) is 0 Å². The van der Waals surface area contributed by atoms with Crippen LogP contribution in [0.5, 0.6) is 0 Å². The summed E-state index contributed by atoms with van der Waals surface area (Å²) in [6, 6.07) is 30.6. The molecule has 0 aromatic heterocycles. The summed E-state index contributed by atoms with van der Waals surface area (Å²) in [5.74, 6) is 0.525. The number of carbonyl (C=O) groups is 1. The van der Waals surface area contributed by atoms with E-state index in [1.165, 1.54) is 19.3 Å². The molecule has 1 saturated heterocycles. The Labute approximate surface area is 198 Å². The van der Waals surface area contributed by atoms with E-state index in [-0.39, 0.29) is 5.97 Å². The first-order valence-electron chi connectivity index (χ1n) is 12.2. The summed E-state index contributed by atoms with van der Waals surface area (Å²) in [4.78, 5) is 16.6. The van der Waals surface area contributed by atoms with Crippen molar-refractivity contribution in [1.82, 2.24) is 4.90 Å². The van der Waals surface area contributed by atoms with Crippen molar-refractivity contribution in [2.24, 2.45) is 5.92 Å². The lowest BCUT2D eigenvalue weighted by atomic mass is 9.69. The van der Waals surface area contributed by atoms with Gasteiger partial charge in [0.15, 0.2) is 0 Å². The van der Waals surface area contributed by atoms with Crippen molar-refractivity contribution >= 4 is 5.97 Å². The van der Waals surface area contributed by atoms with Gasteiger partial charge in [-0.2, -0.15) is 0 Å². The van der Waals surface area contributed by atoms with Crippen LogP contribution in [0.2, 0.25) is 0 Å². The van der Waals surface area contributed by atoms with Crippen LogP contribution in [0, 0.1) is 5.92 Å². The molecule has 2 atom stereocenters. The molecule has 0 radical (unpaired) electrons. The molecular formula is C30H35NO2. The molecule has 0 N–H and O–H groups in total. The molecule has 3 aromatic rings.